The number of halogens is 2. The van der Waals surface area contributed by atoms with Gasteiger partial charge in [0.05, 0.1) is 11.6 Å². The molecule has 1 aliphatic rings. The highest BCUT2D eigenvalue weighted by molar-refractivity contribution is 6.31. The minimum absolute atomic E-state index is 0.0259. The predicted molar refractivity (Wildman–Crippen MR) is 93.2 cm³/mol. The van der Waals surface area contributed by atoms with Crippen molar-refractivity contribution in [3.05, 3.63) is 58.9 Å². The second-order valence-electron chi connectivity index (χ2n) is 5.77. The van der Waals surface area contributed by atoms with Crippen LogP contribution in [0.5, 0.6) is 0 Å². The fraction of sp³-hybridized carbons (Fsp3) is 0.278. The minimum atomic E-state index is -0.517. The summed E-state index contributed by atoms with van der Waals surface area (Å²) in [5.74, 6) is -0.286. The number of carbonyl (C=O) groups excluding carboxylic acids is 1. The third kappa shape index (κ3) is 4.24. The van der Waals surface area contributed by atoms with Crippen LogP contribution in [0.15, 0.2) is 42.5 Å². The van der Waals surface area contributed by atoms with Crippen molar-refractivity contribution in [3.8, 4) is 0 Å². The Labute approximate surface area is 145 Å². The van der Waals surface area contributed by atoms with Gasteiger partial charge in [0.25, 0.3) is 5.91 Å². The Morgan fingerprint density at radius 2 is 2.12 bits per heavy atom. The predicted octanol–water partition coefficient (Wildman–Crippen LogP) is 4.18. The summed E-state index contributed by atoms with van der Waals surface area (Å²) in [4.78, 5) is 12.3. The lowest BCUT2D eigenvalue weighted by Crippen LogP contribution is -2.15. The van der Waals surface area contributed by atoms with Gasteiger partial charge in [-0.1, -0.05) is 17.7 Å². The first kappa shape index (κ1) is 16.7. The zero-order chi connectivity index (χ0) is 16.9. The lowest BCUT2D eigenvalue weighted by molar-refractivity contribution is 0.102. The number of hydrogen-bond donors (Lipinski definition) is 2. The third-order valence-corrected chi connectivity index (χ3v) is 4.21. The van der Waals surface area contributed by atoms with Crippen molar-refractivity contribution < 1.29 is 13.9 Å². The number of nitrogens with one attached hydrogen (secondary N) is 2. The molecule has 1 unspecified atom stereocenters. The Balaban J connectivity index is 1.63. The zero-order valence-electron chi connectivity index (χ0n) is 13.0. The number of ether oxygens (including phenoxy) is 1. The van der Waals surface area contributed by atoms with Gasteiger partial charge in [0.15, 0.2) is 0 Å². The summed E-state index contributed by atoms with van der Waals surface area (Å²) in [5, 5.41) is 6.02. The van der Waals surface area contributed by atoms with E-state index in [2.05, 4.69) is 10.6 Å². The quantitative estimate of drug-likeness (QED) is 0.852. The highest BCUT2D eigenvalue weighted by atomic mass is 35.5. The van der Waals surface area contributed by atoms with Gasteiger partial charge < -0.3 is 15.4 Å². The molecule has 2 aromatic rings. The molecule has 1 atom stereocenters. The van der Waals surface area contributed by atoms with Crippen molar-refractivity contribution in [2.45, 2.75) is 6.42 Å². The first-order valence-corrected chi connectivity index (χ1v) is 8.18. The summed E-state index contributed by atoms with van der Waals surface area (Å²) in [6.07, 6.45) is 1.05. The topological polar surface area (TPSA) is 50.4 Å². The molecule has 2 N–H and O–H groups in total. The molecule has 1 fully saturated rings. The fourth-order valence-electron chi connectivity index (χ4n) is 2.55. The van der Waals surface area contributed by atoms with E-state index in [-0.39, 0.29) is 10.9 Å². The summed E-state index contributed by atoms with van der Waals surface area (Å²) in [6.45, 7) is 2.41. The zero-order valence-corrected chi connectivity index (χ0v) is 13.8. The molecule has 1 aliphatic heterocycles. The first-order chi connectivity index (χ1) is 11.6. The van der Waals surface area contributed by atoms with Crippen molar-refractivity contribution in [3.63, 3.8) is 0 Å². The molecule has 0 aliphatic carbocycles. The Morgan fingerprint density at radius 3 is 2.88 bits per heavy atom. The number of amides is 1. The molecule has 2 aromatic carbocycles. The lowest BCUT2D eigenvalue weighted by Gasteiger charge is -2.12. The Bertz CT molecular complexity index is 733. The monoisotopic (exact) mass is 348 g/mol. The van der Waals surface area contributed by atoms with E-state index in [4.69, 9.17) is 16.3 Å². The SMILES string of the molecule is O=C(Nc1ccc(F)c(Cl)c1)c1cccc(NCC2CCOC2)c1. The molecular weight excluding hydrogens is 331 g/mol. The van der Waals surface area contributed by atoms with Gasteiger partial charge in [0.2, 0.25) is 0 Å². The van der Waals surface area contributed by atoms with Crippen LogP contribution >= 0.6 is 11.6 Å². The van der Waals surface area contributed by atoms with Crippen LogP contribution in [0.25, 0.3) is 0 Å². The highest BCUT2D eigenvalue weighted by Crippen LogP contribution is 2.21. The summed E-state index contributed by atoms with van der Waals surface area (Å²) in [6, 6.07) is 11.3. The molecule has 24 heavy (non-hydrogen) atoms. The van der Waals surface area contributed by atoms with Crippen LogP contribution in [0.4, 0.5) is 15.8 Å². The van der Waals surface area contributed by atoms with E-state index in [9.17, 15) is 9.18 Å². The number of hydrogen-bond acceptors (Lipinski definition) is 3. The first-order valence-electron chi connectivity index (χ1n) is 7.80. The normalized spacial score (nSPS) is 16.8. The van der Waals surface area contributed by atoms with Gasteiger partial charge in [-0.05, 0) is 42.8 Å². The largest absolute Gasteiger partial charge is 0.385 e. The molecule has 0 radical (unpaired) electrons. The van der Waals surface area contributed by atoms with Crippen LogP contribution in [0.3, 0.4) is 0 Å². The average molecular weight is 349 g/mol. The summed E-state index contributed by atoms with van der Waals surface area (Å²) < 4.78 is 18.5. The molecule has 6 heteroatoms. The Hall–Kier alpha value is -2.11. The lowest BCUT2D eigenvalue weighted by atomic mass is 10.1. The van der Waals surface area contributed by atoms with E-state index in [0.29, 0.717) is 17.2 Å². The molecule has 4 nitrogen and oxygen atoms in total. The molecule has 0 aromatic heterocycles. The van der Waals surface area contributed by atoms with E-state index < -0.39 is 5.82 Å². The van der Waals surface area contributed by atoms with E-state index >= 15 is 0 Å². The molecule has 0 bridgehead atoms. The molecule has 1 saturated heterocycles. The van der Waals surface area contributed by atoms with Crippen molar-refractivity contribution in [1.82, 2.24) is 0 Å². The number of benzene rings is 2. The van der Waals surface area contributed by atoms with Crippen LogP contribution in [-0.2, 0) is 4.74 Å². The number of carbonyl (C=O) groups is 1. The van der Waals surface area contributed by atoms with E-state index in [1.54, 1.807) is 12.1 Å². The van der Waals surface area contributed by atoms with Gasteiger partial charge in [-0.15, -0.1) is 0 Å². The second-order valence-corrected chi connectivity index (χ2v) is 6.18. The maximum absolute atomic E-state index is 13.2. The maximum atomic E-state index is 13.2. The summed E-state index contributed by atoms with van der Waals surface area (Å²) in [7, 11) is 0. The highest BCUT2D eigenvalue weighted by Gasteiger charge is 2.15. The molecular formula is C18H18ClFN2O2. The number of rotatable bonds is 5. The average Bonchev–Trinajstić information content (AvgIpc) is 3.10. The molecule has 3 rings (SSSR count). The number of anilines is 2. The van der Waals surface area contributed by atoms with E-state index in [1.165, 1.54) is 18.2 Å². The molecule has 0 saturated carbocycles. The van der Waals surface area contributed by atoms with Crippen LogP contribution in [0.1, 0.15) is 16.8 Å². The standard InChI is InChI=1S/C18H18ClFN2O2/c19-16-9-15(4-5-17(16)20)22-18(23)13-2-1-3-14(8-13)21-10-12-6-7-24-11-12/h1-5,8-9,12,21H,6-7,10-11H2,(H,22,23). The molecule has 0 spiro atoms. The van der Waals surface area contributed by atoms with Gasteiger partial charge in [-0.2, -0.15) is 0 Å². The van der Waals surface area contributed by atoms with Gasteiger partial charge in [0.1, 0.15) is 5.82 Å². The molecule has 1 heterocycles. The van der Waals surface area contributed by atoms with Crippen molar-refractivity contribution >= 4 is 28.9 Å². The van der Waals surface area contributed by atoms with Crippen LogP contribution in [0.2, 0.25) is 5.02 Å². The maximum Gasteiger partial charge on any atom is 0.255 e. The van der Waals surface area contributed by atoms with Crippen molar-refractivity contribution in [1.29, 1.82) is 0 Å². The Kier molecular flexibility index (Phi) is 5.33. The van der Waals surface area contributed by atoms with Crippen LogP contribution in [0, 0.1) is 11.7 Å². The fourth-order valence-corrected chi connectivity index (χ4v) is 2.73. The van der Waals surface area contributed by atoms with Crippen molar-refractivity contribution in [2.24, 2.45) is 5.92 Å². The minimum Gasteiger partial charge on any atom is -0.385 e. The summed E-state index contributed by atoms with van der Waals surface area (Å²) in [5.41, 5.74) is 1.85. The molecule has 1 amide bonds. The smallest absolute Gasteiger partial charge is 0.255 e. The third-order valence-electron chi connectivity index (χ3n) is 3.92. The van der Waals surface area contributed by atoms with E-state index in [0.717, 1.165) is 31.9 Å². The molecule has 126 valence electrons. The van der Waals surface area contributed by atoms with Gasteiger partial charge in [-0.3, -0.25) is 4.79 Å². The van der Waals surface area contributed by atoms with Crippen LogP contribution < -0.4 is 10.6 Å². The van der Waals surface area contributed by atoms with Crippen molar-refractivity contribution in [2.75, 3.05) is 30.4 Å². The van der Waals surface area contributed by atoms with E-state index in [1.807, 2.05) is 12.1 Å². The van der Waals surface area contributed by atoms with Gasteiger partial charge in [-0.25, -0.2) is 4.39 Å². The van der Waals surface area contributed by atoms with Crippen LogP contribution in [-0.4, -0.2) is 25.7 Å². The summed E-state index contributed by atoms with van der Waals surface area (Å²) >= 11 is 5.73. The van der Waals surface area contributed by atoms with Gasteiger partial charge in [0, 0.05) is 36.0 Å². The Morgan fingerprint density at radius 1 is 1.25 bits per heavy atom. The second kappa shape index (κ2) is 7.64. The van der Waals surface area contributed by atoms with Gasteiger partial charge >= 0.3 is 0 Å².